The summed E-state index contributed by atoms with van der Waals surface area (Å²) in [5.74, 6) is 0.264. The van der Waals surface area contributed by atoms with Crippen LogP contribution < -0.4 is 5.32 Å². The van der Waals surface area contributed by atoms with Crippen LogP contribution >= 0.6 is 11.8 Å². The molecule has 1 N–H and O–H groups in total. The number of thioether (sulfide) groups is 1. The van der Waals surface area contributed by atoms with Gasteiger partial charge in [0, 0.05) is 30.8 Å². The number of nitrogens with zero attached hydrogens (tertiary/aromatic N) is 4. The maximum atomic E-state index is 12.0. The van der Waals surface area contributed by atoms with Crippen LogP contribution in [0, 0.1) is 13.8 Å². The van der Waals surface area contributed by atoms with Gasteiger partial charge < -0.3 is 10.1 Å². The highest BCUT2D eigenvalue weighted by Gasteiger charge is 2.14. The Morgan fingerprint density at radius 3 is 2.68 bits per heavy atom. The zero-order valence-electron chi connectivity index (χ0n) is 15.0. The minimum atomic E-state index is -0.266. The second-order valence-corrected chi connectivity index (χ2v) is 6.37. The van der Waals surface area contributed by atoms with Gasteiger partial charge in [-0.05, 0) is 38.5 Å². The zero-order valence-corrected chi connectivity index (χ0v) is 15.8. The molecule has 0 aliphatic rings. The first kappa shape index (κ1) is 19.2. The van der Waals surface area contributed by atoms with Gasteiger partial charge in [-0.1, -0.05) is 11.8 Å². The van der Waals surface area contributed by atoms with Crippen LogP contribution in [0.4, 0.5) is 0 Å². The van der Waals surface area contributed by atoms with E-state index in [4.69, 9.17) is 0 Å². The minimum Gasteiger partial charge on any atom is -0.469 e. The minimum absolute atomic E-state index is 0.0489. The number of amides is 1. The number of hydrogen-bond donors (Lipinski definition) is 1. The lowest BCUT2D eigenvalue weighted by molar-refractivity contribution is -0.140. The van der Waals surface area contributed by atoms with Gasteiger partial charge in [-0.3, -0.25) is 9.59 Å². The van der Waals surface area contributed by atoms with Crippen molar-refractivity contribution >= 4 is 29.4 Å². The molecular formula is C16H23N5O3S. The van der Waals surface area contributed by atoms with E-state index in [0.717, 1.165) is 17.0 Å². The van der Waals surface area contributed by atoms with Gasteiger partial charge in [0.25, 0.3) is 5.78 Å². The molecule has 0 aliphatic carbocycles. The third-order valence-electron chi connectivity index (χ3n) is 3.92. The number of nitrogens with one attached hydrogen (secondary N) is 1. The average Bonchev–Trinajstić information content (AvgIpc) is 3.01. The van der Waals surface area contributed by atoms with E-state index < -0.39 is 0 Å². The standard InChI is InChI=1S/C16H23N5O3S/c1-10-12(7-8-13(22)17-9-5-6-14(23)24-3)11(2)21-15(18-10)19-16(20-21)25-4/h5-9H2,1-4H3,(H,17,22). The maximum Gasteiger partial charge on any atom is 0.305 e. The summed E-state index contributed by atoms with van der Waals surface area (Å²) in [6.45, 7) is 4.34. The van der Waals surface area contributed by atoms with Gasteiger partial charge in [-0.15, -0.1) is 5.10 Å². The van der Waals surface area contributed by atoms with Crippen molar-refractivity contribution in [2.24, 2.45) is 0 Å². The van der Waals surface area contributed by atoms with Crippen molar-refractivity contribution in [2.45, 2.75) is 44.7 Å². The fourth-order valence-electron chi connectivity index (χ4n) is 2.53. The maximum absolute atomic E-state index is 12.0. The van der Waals surface area contributed by atoms with Gasteiger partial charge >= 0.3 is 5.97 Å². The summed E-state index contributed by atoms with van der Waals surface area (Å²) >= 11 is 1.47. The topological polar surface area (TPSA) is 98.5 Å². The first-order chi connectivity index (χ1) is 12.0. The van der Waals surface area contributed by atoms with E-state index in [9.17, 15) is 9.59 Å². The Kier molecular flexibility index (Phi) is 6.74. The largest absolute Gasteiger partial charge is 0.469 e. The fraction of sp³-hybridized carbons (Fsp3) is 0.562. The van der Waals surface area contributed by atoms with Gasteiger partial charge in [0.05, 0.1) is 7.11 Å². The highest BCUT2D eigenvalue weighted by atomic mass is 32.2. The molecule has 1 amide bonds. The lowest BCUT2D eigenvalue weighted by atomic mass is 10.1. The molecule has 9 heteroatoms. The molecule has 2 aromatic rings. The number of carbonyl (C=O) groups is 2. The molecule has 8 nitrogen and oxygen atoms in total. The van der Waals surface area contributed by atoms with Gasteiger partial charge in [-0.25, -0.2) is 9.50 Å². The van der Waals surface area contributed by atoms with Gasteiger partial charge in [0.15, 0.2) is 0 Å². The van der Waals surface area contributed by atoms with Crippen molar-refractivity contribution in [3.05, 3.63) is 17.0 Å². The van der Waals surface area contributed by atoms with Crippen molar-refractivity contribution in [3.8, 4) is 0 Å². The Labute approximate surface area is 150 Å². The Morgan fingerprint density at radius 1 is 1.24 bits per heavy atom. The predicted molar refractivity (Wildman–Crippen MR) is 94.6 cm³/mol. The number of fused-ring (bicyclic) bond motifs is 1. The monoisotopic (exact) mass is 365 g/mol. The summed E-state index contributed by atoms with van der Waals surface area (Å²) in [6, 6.07) is 0. The third kappa shape index (κ3) is 4.91. The number of ether oxygens (including phenoxy) is 1. The number of methoxy groups -OCH3 is 1. The molecule has 0 radical (unpaired) electrons. The van der Waals surface area contributed by atoms with Gasteiger partial charge in [-0.2, -0.15) is 4.98 Å². The first-order valence-electron chi connectivity index (χ1n) is 8.06. The van der Waals surface area contributed by atoms with Crippen molar-refractivity contribution in [2.75, 3.05) is 19.9 Å². The number of hydrogen-bond acceptors (Lipinski definition) is 7. The van der Waals surface area contributed by atoms with E-state index in [1.165, 1.54) is 18.9 Å². The highest BCUT2D eigenvalue weighted by molar-refractivity contribution is 7.98. The molecule has 0 atom stereocenters. The normalized spacial score (nSPS) is 10.9. The Balaban J connectivity index is 1.94. The molecule has 0 aliphatic heterocycles. The SMILES string of the molecule is COC(=O)CCCNC(=O)CCc1c(C)nc2nc(SC)nn2c1C. The lowest BCUT2D eigenvalue weighted by Crippen LogP contribution is -2.25. The molecule has 0 saturated carbocycles. The molecule has 25 heavy (non-hydrogen) atoms. The van der Waals surface area contributed by atoms with Crippen LogP contribution in [0.1, 0.15) is 36.2 Å². The molecule has 0 aromatic carbocycles. The highest BCUT2D eigenvalue weighted by Crippen LogP contribution is 2.17. The molecular weight excluding hydrogens is 342 g/mol. The molecule has 0 bridgehead atoms. The second-order valence-electron chi connectivity index (χ2n) is 5.60. The van der Waals surface area contributed by atoms with E-state index in [-0.39, 0.29) is 11.9 Å². The number of rotatable bonds is 8. The van der Waals surface area contributed by atoms with E-state index in [1.54, 1.807) is 4.52 Å². The van der Waals surface area contributed by atoms with Gasteiger partial charge in [0.1, 0.15) is 0 Å². The number of esters is 1. The summed E-state index contributed by atoms with van der Waals surface area (Å²) in [7, 11) is 1.35. The first-order valence-corrected chi connectivity index (χ1v) is 9.29. The van der Waals surface area contributed by atoms with Crippen LogP contribution in [0.3, 0.4) is 0 Å². The van der Waals surface area contributed by atoms with E-state index >= 15 is 0 Å². The summed E-state index contributed by atoms with van der Waals surface area (Å²) in [4.78, 5) is 31.8. The Morgan fingerprint density at radius 2 is 2.00 bits per heavy atom. The summed E-state index contributed by atoms with van der Waals surface area (Å²) in [5.41, 5.74) is 2.83. The molecule has 0 spiro atoms. The average molecular weight is 365 g/mol. The smallest absolute Gasteiger partial charge is 0.305 e. The number of aryl methyl sites for hydroxylation is 2. The number of aromatic nitrogens is 4. The van der Waals surface area contributed by atoms with Crippen LogP contribution in [0.15, 0.2) is 5.16 Å². The summed E-state index contributed by atoms with van der Waals surface area (Å²) < 4.78 is 6.29. The second kappa shape index (κ2) is 8.80. The molecule has 2 aromatic heterocycles. The van der Waals surface area contributed by atoms with Crippen molar-refractivity contribution < 1.29 is 14.3 Å². The van der Waals surface area contributed by atoms with Crippen LogP contribution in [-0.2, 0) is 20.7 Å². The molecule has 0 saturated heterocycles. The molecule has 0 unspecified atom stereocenters. The molecule has 2 heterocycles. The van der Waals surface area contributed by atoms with Crippen LogP contribution in [0.5, 0.6) is 0 Å². The van der Waals surface area contributed by atoms with E-state index in [2.05, 4.69) is 25.1 Å². The molecule has 136 valence electrons. The Bertz CT molecular complexity index is 775. The van der Waals surface area contributed by atoms with E-state index in [1.807, 2.05) is 20.1 Å². The zero-order chi connectivity index (χ0) is 18.4. The fourth-order valence-corrected chi connectivity index (χ4v) is 2.86. The van der Waals surface area contributed by atoms with Crippen LogP contribution in [0.2, 0.25) is 0 Å². The van der Waals surface area contributed by atoms with Crippen LogP contribution in [-0.4, -0.2) is 51.4 Å². The van der Waals surface area contributed by atoms with Crippen molar-refractivity contribution in [1.29, 1.82) is 0 Å². The molecule has 2 rings (SSSR count). The van der Waals surface area contributed by atoms with Gasteiger partial charge in [0.2, 0.25) is 11.1 Å². The quantitative estimate of drug-likeness (QED) is 0.429. The van der Waals surface area contributed by atoms with Crippen LogP contribution in [0.25, 0.3) is 5.78 Å². The molecule has 0 fully saturated rings. The predicted octanol–water partition coefficient (Wildman–Crippen LogP) is 1.47. The van der Waals surface area contributed by atoms with Crippen molar-refractivity contribution in [1.82, 2.24) is 24.9 Å². The number of carbonyl (C=O) groups excluding carboxylic acids is 2. The third-order valence-corrected chi connectivity index (χ3v) is 4.46. The van der Waals surface area contributed by atoms with E-state index in [0.29, 0.717) is 43.2 Å². The summed E-state index contributed by atoms with van der Waals surface area (Å²) in [6.07, 6.45) is 3.73. The summed E-state index contributed by atoms with van der Waals surface area (Å²) in [5, 5.41) is 7.90. The lowest BCUT2D eigenvalue weighted by Gasteiger charge is -2.10. The van der Waals surface area contributed by atoms with Crippen molar-refractivity contribution in [3.63, 3.8) is 0 Å². The Hall–Kier alpha value is -2.16.